The molecular formula is C14H25N3O. The van der Waals surface area contributed by atoms with Gasteiger partial charge in [0.05, 0.1) is 0 Å². The Hall–Kier alpha value is -1.29. The summed E-state index contributed by atoms with van der Waals surface area (Å²) < 4.78 is 1.99. The van der Waals surface area contributed by atoms with Gasteiger partial charge in [0, 0.05) is 25.8 Å². The molecular weight excluding hydrogens is 226 g/mol. The van der Waals surface area contributed by atoms with Crippen molar-refractivity contribution in [2.24, 2.45) is 11.1 Å². The predicted molar refractivity (Wildman–Crippen MR) is 74.6 cm³/mol. The zero-order valence-corrected chi connectivity index (χ0v) is 12.1. The molecule has 1 rings (SSSR count). The standard InChI is InChI=1S/C14H25N3O/c1-11(2)17-8-6-7-12(17)13(18)16(5)10-14(3,4)9-15/h6-8,11H,9-10,15H2,1-5H3. The van der Waals surface area contributed by atoms with Crippen molar-refractivity contribution in [2.45, 2.75) is 33.7 Å². The van der Waals surface area contributed by atoms with E-state index in [0.717, 1.165) is 5.69 Å². The maximum Gasteiger partial charge on any atom is 0.270 e. The van der Waals surface area contributed by atoms with Gasteiger partial charge < -0.3 is 15.2 Å². The molecule has 2 N–H and O–H groups in total. The van der Waals surface area contributed by atoms with E-state index < -0.39 is 0 Å². The van der Waals surface area contributed by atoms with Crippen LogP contribution in [0.25, 0.3) is 0 Å². The van der Waals surface area contributed by atoms with Gasteiger partial charge in [0.15, 0.2) is 0 Å². The third-order valence-corrected chi connectivity index (χ3v) is 3.12. The number of carbonyl (C=O) groups excluding carboxylic acids is 1. The van der Waals surface area contributed by atoms with E-state index in [0.29, 0.717) is 13.1 Å². The summed E-state index contributed by atoms with van der Waals surface area (Å²) in [4.78, 5) is 14.1. The number of rotatable bonds is 5. The van der Waals surface area contributed by atoms with Crippen LogP contribution >= 0.6 is 0 Å². The lowest BCUT2D eigenvalue weighted by Crippen LogP contribution is -2.40. The van der Waals surface area contributed by atoms with Crippen molar-refractivity contribution < 1.29 is 4.79 Å². The Bertz CT molecular complexity index is 407. The van der Waals surface area contributed by atoms with Gasteiger partial charge in [-0.3, -0.25) is 4.79 Å². The molecule has 4 nitrogen and oxygen atoms in total. The van der Waals surface area contributed by atoms with E-state index in [1.54, 1.807) is 4.90 Å². The summed E-state index contributed by atoms with van der Waals surface area (Å²) in [5, 5.41) is 0. The maximum atomic E-state index is 12.4. The second-order valence-corrected chi connectivity index (χ2v) is 5.92. The number of hydrogen-bond acceptors (Lipinski definition) is 2. The van der Waals surface area contributed by atoms with E-state index in [1.807, 2.05) is 29.9 Å². The molecule has 4 heteroatoms. The molecule has 0 radical (unpaired) electrons. The topological polar surface area (TPSA) is 51.3 Å². The summed E-state index contributed by atoms with van der Waals surface area (Å²) in [5.41, 5.74) is 6.39. The largest absolute Gasteiger partial charge is 0.341 e. The van der Waals surface area contributed by atoms with Gasteiger partial charge in [-0.05, 0) is 37.9 Å². The van der Waals surface area contributed by atoms with Gasteiger partial charge in [-0.15, -0.1) is 0 Å². The van der Waals surface area contributed by atoms with Crippen LogP contribution in [-0.2, 0) is 0 Å². The highest BCUT2D eigenvalue weighted by atomic mass is 16.2. The molecule has 0 unspecified atom stereocenters. The van der Waals surface area contributed by atoms with Crippen molar-refractivity contribution in [1.82, 2.24) is 9.47 Å². The monoisotopic (exact) mass is 251 g/mol. The molecule has 0 bridgehead atoms. The fraction of sp³-hybridized carbons (Fsp3) is 0.643. The minimum Gasteiger partial charge on any atom is -0.341 e. The highest BCUT2D eigenvalue weighted by Gasteiger charge is 2.23. The average molecular weight is 251 g/mol. The summed E-state index contributed by atoms with van der Waals surface area (Å²) in [5.74, 6) is 0.0511. The fourth-order valence-electron chi connectivity index (χ4n) is 2.00. The Labute approximate surface area is 110 Å². The van der Waals surface area contributed by atoms with Gasteiger partial charge in [-0.1, -0.05) is 13.8 Å². The lowest BCUT2D eigenvalue weighted by molar-refractivity contribution is 0.0728. The van der Waals surface area contributed by atoms with Gasteiger partial charge in [0.1, 0.15) is 5.69 Å². The summed E-state index contributed by atoms with van der Waals surface area (Å²) in [6, 6.07) is 4.07. The summed E-state index contributed by atoms with van der Waals surface area (Å²) in [6.45, 7) is 9.50. The molecule has 0 aromatic carbocycles. The van der Waals surface area contributed by atoms with Crippen LogP contribution < -0.4 is 5.73 Å². The van der Waals surface area contributed by atoms with Crippen molar-refractivity contribution in [3.8, 4) is 0 Å². The number of hydrogen-bond donors (Lipinski definition) is 1. The van der Waals surface area contributed by atoms with E-state index >= 15 is 0 Å². The first-order chi connectivity index (χ1) is 8.28. The minimum atomic E-state index is -0.0559. The number of amides is 1. The number of carbonyl (C=O) groups is 1. The highest BCUT2D eigenvalue weighted by molar-refractivity contribution is 5.92. The third kappa shape index (κ3) is 3.35. The molecule has 1 aromatic heterocycles. The summed E-state index contributed by atoms with van der Waals surface area (Å²) >= 11 is 0. The summed E-state index contributed by atoms with van der Waals surface area (Å²) in [7, 11) is 1.83. The quantitative estimate of drug-likeness (QED) is 0.871. The molecule has 1 heterocycles. The van der Waals surface area contributed by atoms with Crippen molar-refractivity contribution >= 4 is 5.91 Å². The highest BCUT2D eigenvalue weighted by Crippen LogP contribution is 2.17. The SMILES string of the molecule is CC(C)n1cccc1C(=O)N(C)CC(C)(C)CN. The van der Waals surface area contributed by atoms with Crippen molar-refractivity contribution in [3.05, 3.63) is 24.0 Å². The second kappa shape index (κ2) is 5.57. The van der Waals surface area contributed by atoms with Crippen molar-refractivity contribution in [1.29, 1.82) is 0 Å². The predicted octanol–water partition coefficient (Wildman–Crippen LogP) is 2.13. The van der Waals surface area contributed by atoms with E-state index in [1.165, 1.54) is 0 Å². The molecule has 0 spiro atoms. The zero-order valence-electron chi connectivity index (χ0n) is 12.1. The van der Waals surface area contributed by atoms with Crippen LogP contribution in [0.5, 0.6) is 0 Å². The van der Waals surface area contributed by atoms with Crippen LogP contribution in [0, 0.1) is 5.41 Å². The molecule has 1 aromatic rings. The number of nitrogens with two attached hydrogens (primary N) is 1. The van der Waals surface area contributed by atoms with Crippen LogP contribution in [0.2, 0.25) is 0 Å². The first-order valence-corrected chi connectivity index (χ1v) is 6.41. The van der Waals surface area contributed by atoms with E-state index in [9.17, 15) is 4.79 Å². The second-order valence-electron chi connectivity index (χ2n) is 5.92. The van der Waals surface area contributed by atoms with E-state index in [4.69, 9.17) is 5.73 Å². The lowest BCUT2D eigenvalue weighted by atomic mass is 9.93. The van der Waals surface area contributed by atoms with Gasteiger partial charge in [0.2, 0.25) is 0 Å². The van der Waals surface area contributed by atoms with E-state index in [2.05, 4.69) is 27.7 Å². The lowest BCUT2D eigenvalue weighted by Gasteiger charge is -2.29. The van der Waals surface area contributed by atoms with Crippen molar-refractivity contribution in [3.63, 3.8) is 0 Å². The van der Waals surface area contributed by atoms with Crippen LogP contribution in [-0.4, -0.2) is 35.5 Å². The van der Waals surface area contributed by atoms with Crippen LogP contribution in [0.1, 0.15) is 44.2 Å². The molecule has 0 aliphatic carbocycles. The molecule has 0 fully saturated rings. The van der Waals surface area contributed by atoms with Crippen LogP contribution in [0.4, 0.5) is 0 Å². The van der Waals surface area contributed by atoms with Gasteiger partial charge in [-0.25, -0.2) is 0 Å². The van der Waals surface area contributed by atoms with Gasteiger partial charge in [-0.2, -0.15) is 0 Å². The Balaban J connectivity index is 2.84. The molecule has 0 aliphatic rings. The molecule has 102 valence electrons. The van der Waals surface area contributed by atoms with Crippen LogP contribution in [0.3, 0.4) is 0 Å². The van der Waals surface area contributed by atoms with Crippen molar-refractivity contribution in [2.75, 3.05) is 20.1 Å². The summed E-state index contributed by atoms with van der Waals surface area (Å²) in [6.07, 6.45) is 1.94. The smallest absolute Gasteiger partial charge is 0.270 e. The molecule has 18 heavy (non-hydrogen) atoms. The molecule has 0 saturated heterocycles. The number of nitrogens with zero attached hydrogens (tertiary/aromatic N) is 2. The molecule has 0 saturated carbocycles. The third-order valence-electron chi connectivity index (χ3n) is 3.12. The Morgan fingerprint density at radius 2 is 2.11 bits per heavy atom. The Morgan fingerprint density at radius 1 is 1.50 bits per heavy atom. The molecule has 0 atom stereocenters. The first-order valence-electron chi connectivity index (χ1n) is 6.41. The Morgan fingerprint density at radius 3 is 2.61 bits per heavy atom. The maximum absolute atomic E-state index is 12.4. The van der Waals surface area contributed by atoms with Gasteiger partial charge >= 0.3 is 0 Å². The first kappa shape index (κ1) is 14.8. The normalized spacial score (nSPS) is 11.9. The molecule has 0 aliphatic heterocycles. The molecule has 1 amide bonds. The minimum absolute atomic E-state index is 0.0511. The van der Waals surface area contributed by atoms with Crippen LogP contribution in [0.15, 0.2) is 18.3 Å². The zero-order chi connectivity index (χ0) is 13.9. The average Bonchev–Trinajstić information content (AvgIpc) is 2.76. The Kier molecular flexibility index (Phi) is 4.57. The fourth-order valence-corrected chi connectivity index (χ4v) is 2.00. The number of aromatic nitrogens is 1. The van der Waals surface area contributed by atoms with Gasteiger partial charge in [0.25, 0.3) is 5.91 Å². The van der Waals surface area contributed by atoms with E-state index in [-0.39, 0.29) is 17.4 Å².